The van der Waals surface area contributed by atoms with Crippen molar-refractivity contribution in [1.82, 2.24) is 14.9 Å². The first-order valence-corrected chi connectivity index (χ1v) is 12.7. The lowest BCUT2D eigenvalue weighted by Crippen LogP contribution is -2.29. The van der Waals surface area contributed by atoms with E-state index in [9.17, 15) is 4.39 Å². The molecule has 0 bridgehead atoms. The lowest BCUT2D eigenvalue weighted by atomic mass is 9.98. The number of thiazole rings is 1. The molecular formula is C27H27FN4OS. The molecule has 3 aromatic rings. The molecule has 0 radical (unpaired) electrons. The van der Waals surface area contributed by atoms with Crippen LogP contribution in [0.3, 0.4) is 0 Å². The van der Waals surface area contributed by atoms with Gasteiger partial charge in [-0.15, -0.1) is 11.3 Å². The molecule has 7 heteroatoms. The number of aromatic nitrogens is 2. The lowest BCUT2D eigenvalue weighted by Gasteiger charge is -2.27. The number of pyridine rings is 1. The number of hydrogen-bond donors (Lipinski definition) is 1. The van der Waals surface area contributed by atoms with Gasteiger partial charge in [-0.1, -0.05) is 24.0 Å². The van der Waals surface area contributed by atoms with Gasteiger partial charge in [0.1, 0.15) is 12.8 Å². The number of halogens is 1. The third kappa shape index (κ3) is 4.28. The van der Waals surface area contributed by atoms with E-state index in [-0.39, 0.29) is 17.8 Å². The van der Waals surface area contributed by atoms with Crippen molar-refractivity contribution in [3.8, 4) is 28.0 Å². The van der Waals surface area contributed by atoms with Gasteiger partial charge in [0.2, 0.25) is 0 Å². The Kier molecular flexibility index (Phi) is 5.51. The average molecular weight is 475 g/mol. The monoisotopic (exact) mass is 474 g/mol. The molecule has 2 aliphatic carbocycles. The molecule has 2 unspecified atom stereocenters. The zero-order chi connectivity index (χ0) is 23.2. The molecule has 174 valence electrons. The predicted molar refractivity (Wildman–Crippen MR) is 132 cm³/mol. The molecule has 1 aromatic carbocycles. The Morgan fingerprint density at radius 2 is 2.00 bits per heavy atom. The van der Waals surface area contributed by atoms with E-state index in [2.05, 4.69) is 28.8 Å². The van der Waals surface area contributed by atoms with Crippen LogP contribution in [0.25, 0.3) is 10.4 Å². The highest BCUT2D eigenvalue weighted by Gasteiger charge is 2.74. The van der Waals surface area contributed by atoms with E-state index >= 15 is 0 Å². The molecule has 34 heavy (non-hydrogen) atoms. The largest absolute Gasteiger partial charge is 0.485 e. The van der Waals surface area contributed by atoms with Crippen molar-refractivity contribution in [1.29, 1.82) is 0 Å². The Balaban J connectivity index is 1.12. The van der Waals surface area contributed by atoms with Crippen LogP contribution < -0.4 is 10.5 Å². The summed E-state index contributed by atoms with van der Waals surface area (Å²) in [5.74, 6) is 8.53. The summed E-state index contributed by atoms with van der Waals surface area (Å²) < 4.78 is 19.1. The Bertz CT molecular complexity index is 1260. The fourth-order valence-electron chi connectivity index (χ4n) is 4.76. The number of hydrogen-bond acceptors (Lipinski definition) is 6. The molecule has 2 atom stereocenters. The highest BCUT2D eigenvalue weighted by atomic mass is 32.1. The van der Waals surface area contributed by atoms with E-state index in [0.29, 0.717) is 24.1 Å². The first-order chi connectivity index (χ1) is 16.6. The molecule has 1 saturated heterocycles. The van der Waals surface area contributed by atoms with Crippen molar-refractivity contribution in [3.63, 3.8) is 0 Å². The van der Waals surface area contributed by atoms with E-state index in [4.69, 9.17) is 15.5 Å². The number of nitrogens with two attached hydrogens (primary N) is 1. The Hall–Kier alpha value is -2.95. The van der Waals surface area contributed by atoms with Crippen LogP contribution in [-0.2, 0) is 6.61 Å². The number of fused-ring (bicyclic) bond motifs is 1. The summed E-state index contributed by atoms with van der Waals surface area (Å²) in [6.07, 6.45) is 5.43. The number of likely N-dealkylation sites (tertiary alicyclic amines) is 1. The Labute approximate surface area is 203 Å². The van der Waals surface area contributed by atoms with Gasteiger partial charge in [0.05, 0.1) is 9.88 Å². The van der Waals surface area contributed by atoms with Crippen LogP contribution in [0.15, 0.2) is 42.7 Å². The number of anilines is 1. The zero-order valence-electron chi connectivity index (χ0n) is 19.1. The van der Waals surface area contributed by atoms with E-state index in [1.807, 2.05) is 36.5 Å². The van der Waals surface area contributed by atoms with E-state index in [0.717, 1.165) is 47.5 Å². The summed E-state index contributed by atoms with van der Waals surface area (Å²) in [6, 6.07) is 9.90. The molecule has 3 aliphatic rings. The molecule has 0 amide bonds. The van der Waals surface area contributed by atoms with Gasteiger partial charge >= 0.3 is 0 Å². The van der Waals surface area contributed by atoms with E-state index in [1.54, 1.807) is 17.5 Å². The van der Waals surface area contributed by atoms with Crippen molar-refractivity contribution in [2.24, 2.45) is 17.8 Å². The highest BCUT2D eigenvalue weighted by molar-refractivity contribution is 7.15. The maximum atomic E-state index is 13.0. The van der Waals surface area contributed by atoms with Gasteiger partial charge in [-0.3, -0.25) is 0 Å². The van der Waals surface area contributed by atoms with Gasteiger partial charge in [0.25, 0.3) is 0 Å². The molecular weight excluding hydrogens is 447 g/mol. The molecule has 1 aliphatic heterocycles. The smallest absolute Gasteiger partial charge is 0.166 e. The minimum atomic E-state index is -0.598. The number of rotatable bonds is 5. The van der Waals surface area contributed by atoms with Crippen molar-refractivity contribution in [2.75, 3.05) is 25.9 Å². The van der Waals surface area contributed by atoms with E-state index in [1.165, 1.54) is 5.01 Å². The van der Waals surface area contributed by atoms with Gasteiger partial charge < -0.3 is 15.4 Å². The fraction of sp³-hybridized carbons (Fsp3) is 0.407. The summed E-state index contributed by atoms with van der Waals surface area (Å²) in [5, 5.41) is 1.20. The molecule has 2 aromatic heterocycles. The SMILES string of the molecule is CN1CCC(c2ncc(-c3cnc(N)c(OCc4cccc(C#CC5C6C(F)C56)c4)c3)s2)CC1. The van der Waals surface area contributed by atoms with Crippen molar-refractivity contribution < 1.29 is 9.13 Å². The lowest BCUT2D eigenvalue weighted by molar-refractivity contribution is 0.255. The second-order valence-corrected chi connectivity index (χ2v) is 10.7. The topological polar surface area (TPSA) is 64.3 Å². The Morgan fingerprint density at radius 3 is 2.79 bits per heavy atom. The van der Waals surface area contributed by atoms with Crippen LogP contribution in [0.1, 0.15) is 34.9 Å². The third-order valence-electron chi connectivity index (χ3n) is 7.19. The minimum Gasteiger partial charge on any atom is -0.485 e. The van der Waals surface area contributed by atoms with Crippen LogP contribution in [0, 0.1) is 29.6 Å². The summed E-state index contributed by atoms with van der Waals surface area (Å²) in [6.45, 7) is 2.61. The van der Waals surface area contributed by atoms with Gasteiger partial charge in [-0.2, -0.15) is 0 Å². The van der Waals surface area contributed by atoms with Crippen molar-refractivity contribution in [3.05, 3.63) is 58.9 Å². The molecule has 3 heterocycles. The normalized spacial score (nSPS) is 25.8. The summed E-state index contributed by atoms with van der Waals surface area (Å²) in [4.78, 5) is 12.5. The third-order valence-corrected chi connectivity index (χ3v) is 8.40. The van der Waals surface area contributed by atoms with E-state index < -0.39 is 6.17 Å². The predicted octanol–water partition coefficient (Wildman–Crippen LogP) is 4.74. The van der Waals surface area contributed by atoms with Crippen molar-refractivity contribution in [2.45, 2.75) is 31.5 Å². The maximum absolute atomic E-state index is 13.0. The number of piperidine rings is 1. The molecule has 5 nitrogen and oxygen atoms in total. The average Bonchev–Trinajstić information content (AvgIpc) is 3.68. The number of nitrogen functional groups attached to an aromatic ring is 1. The molecule has 6 rings (SSSR count). The van der Waals surface area contributed by atoms with Crippen LogP contribution in [0.4, 0.5) is 10.2 Å². The zero-order valence-corrected chi connectivity index (χ0v) is 19.9. The minimum absolute atomic E-state index is 0.209. The number of alkyl halides is 1. The summed E-state index contributed by atoms with van der Waals surface area (Å²) in [5.41, 5.74) is 9.00. The van der Waals surface area contributed by atoms with Gasteiger partial charge in [0, 0.05) is 47.2 Å². The molecule has 3 fully saturated rings. The summed E-state index contributed by atoms with van der Waals surface area (Å²) in [7, 11) is 2.17. The Morgan fingerprint density at radius 1 is 1.18 bits per heavy atom. The van der Waals surface area contributed by atoms with Crippen LogP contribution in [0.5, 0.6) is 5.75 Å². The van der Waals surface area contributed by atoms with Crippen molar-refractivity contribution >= 4 is 17.2 Å². The molecule has 2 saturated carbocycles. The maximum Gasteiger partial charge on any atom is 0.166 e. The summed E-state index contributed by atoms with van der Waals surface area (Å²) >= 11 is 1.74. The standard InChI is InChI=1S/C27H27FN4OS/c1-32-9-7-18(8-10-32)27-31-14-22(34-27)19-12-21(26(29)30-13-19)33-15-17-4-2-3-16(11-17)5-6-20-23-24(20)25(23)28/h2-4,11-14,18,20,23-25H,7-10,15H2,1H3,(H2,29,30). The fourth-order valence-corrected chi connectivity index (χ4v) is 5.83. The second kappa shape index (κ2) is 8.68. The first kappa shape index (κ1) is 21.6. The van der Waals surface area contributed by atoms with Gasteiger partial charge in [-0.25, -0.2) is 14.4 Å². The molecule has 2 N–H and O–H groups in total. The van der Waals surface area contributed by atoms with Crippen LogP contribution in [0.2, 0.25) is 0 Å². The number of ether oxygens (including phenoxy) is 1. The number of nitrogens with zero attached hydrogens (tertiary/aromatic N) is 3. The quantitative estimate of drug-likeness (QED) is 0.541. The second-order valence-electron chi connectivity index (χ2n) is 9.63. The highest BCUT2D eigenvalue weighted by Crippen LogP contribution is 2.69. The van der Waals surface area contributed by atoms with Crippen LogP contribution >= 0.6 is 11.3 Å². The first-order valence-electron chi connectivity index (χ1n) is 11.8. The van der Waals surface area contributed by atoms with Gasteiger partial charge in [0.15, 0.2) is 11.6 Å². The van der Waals surface area contributed by atoms with Gasteiger partial charge in [-0.05, 0) is 56.7 Å². The molecule has 0 spiro atoms. The van der Waals surface area contributed by atoms with Crippen LogP contribution in [-0.4, -0.2) is 41.2 Å². The number of benzene rings is 1.